The van der Waals surface area contributed by atoms with Gasteiger partial charge in [0, 0.05) is 72.1 Å². The van der Waals surface area contributed by atoms with E-state index in [1.165, 1.54) is 33.4 Å². The summed E-state index contributed by atoms with van der Waals surface area (Å²) in [5, 5.41) is 42.0. The highest BCUT2D eigenvalue weighted by molar-refractivity contribution is 5.99. The molecule has 4 aliphatic rings. The van der Waals surface area contributed by atoms with E-state index in [2.05, 4.69) is 58.0 Å². The first-order valence-corrected chi connectivity index (χ1v) is 40.7. The summed E-state index contributed by atoms with van der Waals surface area (Å²) in [4.78, 5) is 188. The molecule has 0 unspecified atom stereocenters. The predicted octanol–water partition coefficient (Wildman–Crippen LogP) is -6.56. The van der Waals surface area contributed by atoms with E-state index in [1.54, 1.807) is 0 Å². The number of rotatable bonds is 58. The van der Waals surface area contributed by atoms with E-state index in [1.807, 2.05) is 6.92 Å². The van der Waals surface area contributed by atoms with Crippen molar-refractivity contribution in [2.24, 2.45) is 55.9 Å². The van der Waals surface area contributed by atoms with Crippen LogP contribution in [0.15, 0.2) is 9.98 Å². The van der Waals surface area contributed by atoms with Crippen molar-refractivity contribution < 1.29 is 86.8 Å². The molecule has 0 aromatic rings. The van der Waals surface area contributed by atoms with Gasteiger partial charge in [0.25, 0.3) is 0 Å². The van der Waals surface area contributed by atoms with Crippen LogP contribution in [0.5, 0.6) is 0 Å². The summed E-state index contributed by atoms with van der Waals surface area (Å²) in [6.07, 6.45) is 5.14. The Morgan fingerprint density at radius 2 is 0.798 bits per heavy atom. The molecule has 0 aromatic heterocycles. The normalized spacial score (nSPS) is 19.1. The maximum atomic E-state index is 14.8. The summed E-state index contributed by atoms with van der Waals surface area (Å²) in [7, 11) is 0. The molecule has 4 aliphatic heterocycles. The molecule has 12 amide bonds. The van der Waals surface area contributed by atoms with Gasteiger partial charge in [-0.2, -0.15) is 0 Å². The number of carbonyl (C=O) groups excluding carboxylic acids is 12. The Bertz CT molecular complexity index is 3040. The monoisotopic (exact) mass is 1620 g/mol. The van der Waals surface area contributed by atoms with Gasteiger partial charge in [-0.3, -0.25) is 67.5 Å². The van der Waals surface area contributed by atoms with Crippen molar-refractivity contribution in [3.8, 4) is 0 Å². The average Bonchev–Trinajstić information content (AvgIpc) is 1.65. The maximum Gasteiger partial charge on any atom is 0.246 e. The van der Waals surface area contributed by atoms with Gasteiger partial charge in [-0.05, 0) is 188 Å². The number of unbranched alkanes of at least 4 members (excludes halogenated alkanes) is 4. The van der Waals surface area contributed by atoms with Crippen LogP contribution >= 0.6 is 0 Å². The Hall–Kier alpha value is -8.26. The number of carbonyl (C=O) groups is 12. The highest BCUT2D eigenvalue weighted by Crippen LogP contribution is 2.29. The van der Waals surface area contributed by atoms with Crippen molar-refractivity contribution >= 4 is 82.8 Å². The van der Waals surface area contributed by atoms with Crippen LogP contribution < -0.4 is 93.9 Å². The number of nitrogens with one attached hydrogen (secondary N) is 9. The molecule has 4 fully saturated rings. The van der Waals surface area contributed by atoms with Crippen molar-refractivity contribution in [2.45, 2.75) is 254 Å². The number of nitrogens with two attached hydrogens (primary N) is 8. The second-order valence-electron chi connectivity index (χ2n) is 29.1. The fourth-order valence-corrected chi connectivity index (χ4v) is 13.8. The van der Waals surface area contributed by atoms with E-state index in [9.17, 15) is 67.7 Å². The molecule has 0 aliphatic carbocycles. The molecule has 650 valence electrons. The Labute approximate surface area is 668 Å². The Balaban J connectivity index is 1.51. The number of aliphatic hydroxyl groups excluding tert-OH is 2. The van der Waals surface area contributed by atoms with E-state index in [0.29, 0.717) is 130 Å². The van der Waals surface area contributed by atoms with Crippen LogP contribution in [0.2, 0.25) is 0 Å². The molecular formula is C73H135N23O18. The van der Waals surface area contributed by atoms with E-state index < -0.39 is 156 Å². The number of hydrogen-bond donors (Lipinski definition) is 19. The molecule has 4 rings (SSSR count). The first-order valence-electron chi connectivity index (χ1n) is 40.7. The van der Waals surface area contributed by atoms with Crippen LogP contribution in [-0.2, 0) is 76.6 Å². The second kappa shape index (κ2) is 55.3. The molecule has 114 heavy (non-hydrogen) atoms. The van der Waals surface area contributed by atoms with Crippen molar-refractivity contribution in [3.63, 3.8) is 0 Å². The molecule has 4 heterocycles. The lowest BCUT2D eigenvalue weighted by Gasteiger charge is -2.33. The third-order valence-electron chi connectivity index (χ3n) is 20.1. The zero-order chi connectivity index (χ0) is 83.9. The van der Waals surface area contributed by atoms with Gasteiger partial charge in [0.05, 0.1) is 51.8 Å². The molecular weight excluding hydrogens is 1490 g/mol. The first kappa shape index (κ1) is 98.1. The Morgan fingerprint density at radius 1 is 0.421 bits per heavy atom. The third kappa shape index (κ3) is 35.5. The lowest BCUT2D eigenvalue weighted by molar-refractivity contribution is -0.148. The highest BCUT2D eigenvalue weighted by atomic mass is 16.6. The quantitative estimate of drug-likeness (QED) is 0.0117. The summed E-state index contributed by atoms with van der Waals surface area (Å²) in [5.41, 5.74) is 48.6. The molecule has 0 spiro atoms. The van der Waals surface area contributed by atoms with Gasteiger partial charge in [-0.1, -0.05) is 0 Å². The molecule has 13 atom stereocenters. The largest absolute Gasteiger partial charge is 0.391 e. The van der Waals surface area contributed by atoms with Crippen LogP contribution in [0.4, 0.5) is 0 Å². The van der Waals surface area contributed by atoms with Crippen LogP contribution in [0, 0.1) is 0 Å². The number of nitrogens with zero attached hydrogens (tertiary/aromatic N) is 6. The first-order chi connectivity index (χ1) is 54.7. The van der Waals surface area contributed by atoms with Crippen molar-refractivity contribution in [1.82, 2.24) is 67.6 Å². The second-order valence-corrected chi connectivity index (χ2v) is 29.1. The molecule has 0 bridgehead atoms. The summed E-state index contributed by atoms with van der Waals surface area (Å²) < 4.78 is 16.7. The summed E-state index contributed by atoms with van der Waals surface area (Å²) >= 11 is 0. The van der Waals surface area contributed by atoms with Crippen LogP contribution in [-0.4, -0.2) is 316 Å². The van der Waals surface area contributed by atoms with Gasteiger partial charge in [0.2, 0.25) is 70.9 Å². The summed E-state index contributed by atoms with van der Waals surface area (Å²) in [6, 6.07) is -12.7. The number of aliphatic imine (C=N–C) groups is 2. The van der Waals surface area contributed by atoms with E-state index >= 15 is 0 Å². The number of hydroxylamine groups is 1. The maximum absolute atomic E-state index is 14.8. The van der Waals surface area contributed by atoms with Gasteiger partial charge in [0.1, 0.15) is 66.5 Å². The number of likely N-dealkylation sites (tertiary alicyclic amines) is 4. The SMILES string of the molecule is CCONCCCOCCOCCOCCCNC(=O)CNC(=O)[C@@H](CCCCNC(=O)[C@H](CCCN=C(N)N)NC(=O)[C@@H]1CCCN1C(=O)[C@@H]1CCCN1C(=O)[C@H](CCCCN)NC(=O)[C@@H](N)[C@@H](C)O)NC(=O)[C@H](CCCCN=C(N)N)NC(=O)[C@@H]1CCCN1C(=O)[C@@H]1CCCN1C(=O)[C@H](CCCCN)NC(=O)[C@@H](N)[C@@H](C)O. The number of ether oxygens (including phenoxy) is 3. The lowest BCUT2D eigenvalue weighted by atomic mass is 10.0. The van der Waals surface area contributed by atoms with Gasteiger partial charge >= 0.3 is 0 Å². The zero-order valence-corrected chi connectivity index (χ0v) is 67.1. The average molecular weight is 1620 g/mol. The van der Waals surface area contributed by atoms with Crippen molar-refractivity contribution in [2.75, 3.05) is 125 Å². The van der Waals surface area contributed by atoms with Gasteiger partial charge in [0.15, 0.2) is 11.9 Å². The van der Waals surface area contributed by atoms with E-state index in [4.69, 9.17) is 64.9 Å². The number of hydrogen-bond acceptors (Lipinski definition) is 25. The van der Waals surface area contributed by atoms with Crippen LogP contribution in [0.1, 0.15) is 175 Å². The fourth-order valence-electron chi connectivity index (χ4n) is 13.8. The van der Waals surface area contributed by atoms with Gasteiger partial charge in [-0.15, -0.1) is 0 Å². The summed E-state index contributed by atoms with van der Waals surface area (Å²) in [5.74, 6) is -7.86. The van der Waals surface area contributed by atoms with Gasteiger partial charge < -0.3 is 137 Å². The number of guanidine groups is 2. The van der Waals surface area contributed by atoms with E-state index in [-0.39, 0.29) is 148 Å². The molecule has 41 heteroatoms. The molecule has 4 saturated heterocycles. The van der Waals surface area contributed by atoms with Crippen LogP contribution in [0.3, 0.4) is 0 Å². The minimum absolute atomic E-state index is 0.00249. The molecule has 0 saturated carbocycles. The fraction of sp³-hybridized carbons (Fsp3) is 0.808. The number of aliphatic hydroxyl groups is 2. The van der Waals surface area contributed by atoms with Gasteiger partial charge in [-0.25, -0.2) is 5.48 Å². The summed E-state index contributed by atoms with van der Waals surface area (Å²) in [6.45, 7) is 9.47. The highest BCUT2D eigenvalue weighted by Gasteiger charge is 2.47. The Kier molecular flexibility index (Phi) is 47.6. The third-order valence-corrected chi connectivity index (χ3v) is 20.1. The standard InChI is InChI=1S/C73H135N23O18/c1-4-114-87-35-19-41-112-43-45-113-44-42-111-40-18-34-82-58(99)46-86-62(101)49(88-63(102)51(21-8-12-32-84-72(78)79)90-65(104)55-26-15-37-94(55)71(110)57-28-17-39-96(57)69(108)53(23-6-10-30-75)92-67(106)60(77)48(3)98)20-7-11-31-83-61(100)50(24-13-33-85-73(80)81)89-64(103)54-25-14-36-93(54)70(109)56-27-16-38-95(56)68(107)52(22-5-9-29-74)91-66(105)59(76)47(2)97/h47-57,59-60,87,97-98H,4-46,74-77H2,1-3H3,(H,82,99)(H,83,100)(H,86,101)(H,88,102)(H,89,103)(H,90,104)(H,91,105)(H,92,106)(H4,78,79,84)(H4,80,81,85)/t47-,48-,49-,50+,51+,52+,53+,54+,55+,56+,57+,59+,60+/m1/s1. The molecule has 27 N–H and O–H groups in total. The lowest BCUT2D eigenvalue weighted by Crippen LogP contribution is -2.59. The molecule has 0 radical (unpaired) electrons. The van der Waals surface area contributed by atoms with Crippen LogP contribution in [0.25, 0.3) is 0 Å². The predicted molar refractivity (Wildman–Crippen MR) is 422 cm³/mol. The molecule has 0 aromatic carbocycles. The minimum Gasteiger partial charge on any atom is -0.391 e. The topological polar surface area (TPSA) is 636 Å². The number of amides is 12. The Morgan fingerprint density at radius 3 is 1.26 bits per heavy atom. The smallest absolute Gasteiger partial charge is 0.246 e. The molecule has 41 nitrogen and oxygen atoms in total. The van der Waals surface area contributed by atoms with Crippen molar-refractivity contribution in [3.05, 3.63) is 0 Å². The minimum atomic E-state index is -1.34. The van der Waals surface area contributed by atoms with Crippen molar-refractivity contribution in [1.29, 1.82) is 0 Å². The van der Waals surface area contributed by atoms with E-state index in [0.717, 1.165) is 6.42 Å². The zero-order valence-electron chi connectivity index (χ0n) is 67.1.